The Kier molecular flexibility index (Phi) is 7.67. The molecule has 1 atom stereocenters. The van der Waals surface area contributed by atoms with E-state index in [-0.39, 0.29) is 5.91 Å². The van der Waals surface area contributed by atoms with Crippen LogP contribution in [0, 0.1) is 5.92 Å². The Morgan fingerprint density at radius 1 is 0.933 bits per heavy atom. The van der Waals surface area contributed by atoms with Crippen molar-refractivity contribution in [3.05, 3.63) is 24.3 Å². The van der Waals surface area contributed by atoms with Crippen molar-refractivity contribution in [3.8, 4) is 5.75 Å². The van der Waals surface area contributed by atoms with Gasteiger partial charge in [0.25, 0.3) is 0 Å². The summed E-state index contributed by atoms with van der Waals surface area (Å²) in [7, 11) is 0. The van der Waals surface area contributed by atoms with Gasteiger partial charge in [0.15, 0.2) is 0 Å². The number of ether oxygens (including phenoxy) is 1. The minimum atomic E-state index is 0.265. The van der Waals surface area contributed by atoms with Crippen LogP contribution in [0.4, 0.5) is 5.69 Å². The van der Waals surface area contributed by atoms with Crippen LogP contribution < -0.4 is 9.64 Å². The Labute approximate surface area is 182 Å². The number of nitrogens with zero attached hydrogens (tertiary/aromatic N) is 3. The first kappa shape index (κ1) is 21.6. The molecule has 1 amide bonds. The van der Waals surface area contributed by atoms with Gasteiger partial charge in [-0.3, -0.25) is 4.79 Å². The Hall–Kier alpha value is -1.59. The van der Waals surface area contributed by atoms with Gasteiger partial charge >= 0.3 is 0 Å². The third kappa shape index (κ3) is 5.76. The molecule has 0 aromatic heterocycles. The molecule has 0 bridgehead atoms. The van der Waals surface area contributed by atoms with E-state index < -0.39 is 0 Å². The third-order valence-corrected chi connectivity index (χ3v) is 7.12. The molecule has 0 spiro atoms. The molecule has 0 aliphatic carbocycles. The van der Waals surface area contributed by atoms with Gasteiger partial charge in [-0.25, -0.2) is 0 Å². The molecule has 30 heavy (non-hydrogen) atoms. The molecule has 3 aliphatic rings. The summed E-state index contributed by atoms with van der Waals surface area (Å²) in [6.45, 7) is 10.1. The highest BCUT2D eigenvalue weighted by Crippen LogP contribution is 2.29. The lowest BCUT2D eigenvalue weighted by Crippen LogP contribution is -2.43. The summed E-state index contributed by atoms with van der Waals surface area (Å²) in [5, 5.41) is 0. The lowest BCUT2D eigenvalue weighted by atomic mass is 9.99. The van der Waals surface area contributed by atoms with Crippen LogP contribution >= 0.6 is 0 Å². The molecule has 1 aromatic carbocycles. The fourth-order valence-electron chi connectivity index (χ4n) is 5.18. The van der Waals surface area contributed by atoms with Crippen LogP contribution in [0.25, 0.3) is 0 Å². The molecular weight excluding hydrogens is 374 g/mol. The number of carbonyl (C=O) groups excluding carboxylic acids is 1. The summed E-state index contributed by atoms with van der Waals surface area (Å²) in [5.74, 6) is 2.06. The maximum Gasteiger partial charge on any atom is 0.227 e. The highest BCUT2D eigenvalue weighted by molar-refractivity contribution is 5.96. The highest BCUT2D eigenvalue weighted by atomic mass is 16.5. The predicted octanol–water partition coefficient (Wildman–Crippen LogP) is 4.17. The van der Waals surface area contributed by atoms with E-state index in [4.69, 9.17) is 4.74 Å². The SMILES string of the molecule is CC1CCN(CCCOc2ccc(N3C(=O)CCC3CN3CCCCC3)cc2)CC1. The molecule has 0 N–H and O–H groups in total. The molecule has 3 heterocycles. The number of carbonyl (C=O) groups is 1. The van der Waals surface area contributed by atoms with Crippen LogP contribution in [0.3, 0.4) is 0 Å². The van der Waals surface area contributed by atoms with E-state index >= 15 is 0 Å². The second kappa shape index (κ2) is 10.6. The molecule has 5 nitrogen and oxygen atoms in total. The van der Waals surface area contributed by atoms with E-state index in [9.17, 15) is 4.79 Å². The van der Waals surface area contributed by atoms with Gasteiger partial charge in [-0.2, -0.15) is 0 Å². The first-order valence-electron chi connectivity index (χ1n) is 12.2. The molecule has 166 valence electrons. The zero-order chi connectivity index (χ0) is 20.8. The molecular formula is C25H39N3O2. The molecule has 3 fully saturated rings. The van der Waals surface area contributed by atoms with Crippen molar-refractivity contribution < 1.29 is 9.53 Å². The number of benzene rings is 1. The van der Waals surface area contributed by atoms with Crippen LogP contribution in [0.1, 0.15) is 58.3 Å². The second-order valence-electron chi connectivity index (χ2n) is 9.54. The van der Waals surface area contributed by atoms with Crippen molar-refractivity contribution in [1.29, 1.82) is 0 Å². The van der Waals surface area contributed by atoms with Gasteiger partial charge < -0.3 is 19.4 Å². The van der Waals surface area contributed by atoms with Crippen molar-refractivity contribution >= 4 is 11.6 Å². The van der Waals surface area contributed by atoms with Crippen molar-refractivity contribution in [1.82, 2.24) is 9.80 Å². The van der Waals surface area contributed by atoms with Crippen LogP contribution in [0.15, 0.2) is 24.3 Å². The van der Waals surface area contributed by atoms with E-state index in [1.54, 1.807) is 0 Å². The van der Waals surface area contributed by atoms with E-state index in [0.717, 1.165) is 49.9 Å². The Morgan fingerprint density at radius 2 is 1.67 bits per heavy atom. The Morgan fingerprint density at radius 3 is 2.40 bits per heavy atom. The quantitative estimate of drug-likeness (QED) is 0.600. The summed E-state index contributed by atoms with van der Waals surface area (Å²) >= 11 is 0. The first-order valence-corrected chi connectivity index (χ1v) is 12.2. The maximum atomic E-state index is 12.6. The standard InChI is InChI=1S/C25H39N3O2/c1-21-12-17-26(18-13-21)16-5-19-30-24-9-6-22(7-10-24)28-23(8-11-25(28)29)20-27-14-3-2-4-15-27/h6-7,9-10,21,23H,2-5,8,11-20H2,1H3. The maximum absolute atomic E-state index is 12.6. The molecule has 3 aliphatic heterocycles. The smallest absolute Gasteiger partial charge is 0.227 e. The van der Waals surface area contributed by atoms with Crippen molar-refractivity contribution in [3.63, 3.8) is 0 Å². The second-order valence-corrected chi connectivity index (χ2v) is 9.54. The molecule has 3 saturated heterocycles. The summed E-state index contributed by atoms with van der Waals surface area (Å²) in [4.78, 5) is 19.7. The highest BCUT2D eigenvalue weighted by Gasteiger charge is 2.33. The van der Waals surface area contributed by atoms with Crippen molar-refractivity contribution in [2.75, 3.05) is 50.8 Å². The topological polar surface area (TPSA) is 36.0 Å². The Bertz CT molecular complexity index is 663. The molecule has 1 unspecified atom stereocenters. The van der Waals surface area contributed by atoms with E-state index in [0.29, 0.717) is 12.5 Å². The van der Waals surface area contributed by atoms with Gasteiger partial charge in [-0.15, -0.1) is 0 Å². The van der Waals surface area contributed by atoms with Gasteiger partial charge in [-0.1, -0.05) is 13.3 Å². The van der Waals surface area contributed by atoms with Crippen LogP contribution in [0.5, 0.6) is 5.75 Å². The van der Waals surface area contributed by atoms with Gasteiger partial charge in [0, 0.05) is 25.2 Å². The lowest BCUT2D eigenvalue weighted by molar-refractivity contribution is -0.117. The van der Waals surface area contributed by atoms with Crippen LogP contribution in [0.2, 0.25) is 0 Å². The molecule has 0 radical (unpaired) electrons. The lowest BCUT2D eigenvalue weighted by Gasteiger charge is -2.33. The van der Waals surface area contributed by atoms with Crippen molar-refractivity contribution in [2.45, 2.75) is 64.3 Å². The summed E-state index contributed by atoms with van der Waals surface area (Å²) in [6.07, 6.45) is 9.32. The average molecular weight is 414 g/mol. The van der Waals surface area contributed by atoms with Gasteiger partial charge in [0.1, 0.15) is 5.75 Å². The number of piperidine rings is 2. The molecule has 4 rings (SSSR count). The summed E-state index contributed by atoms with van der Waals surface area (Å²) in [5.41, 5.74) is 1.02. The van der Waals surface area contributed by atoms with E-state index in [2.05, 4.69) is 28.9 Å². The van der Waals surface area contributed by atoms with Crippen LogP contribution in [-0.2, 0) is 4.79 Å². The first-order chi connectivity index (χ1) is 14.7. The summed E-state index contributed by atoms with van der Waals surface area (Å²) in [6, 6.07) is 8.50. The largest absolute Gasteiger partial charge is 0.494 e. The minimum Gasteiger partial charge on any atom is -0.494 e. The average Bonchev–Trinajstić information content (AvgIpc) is 3.13. The number of rotatable bonds is 8. The third-order valence-electron chi connectivity index (χ3n) is 7.12. The van der Waals surface area contributed by atoms with E-state index in [1.165, 1.54) is 58.3 Å². The fraction of sp³-hybridized carbons (Fsp3) is 0.720. The van der Waals surface area contributed by atoms with Gasteiger partial charge in [0.05, 0.1) is 12.6 Å². The number of anilines is 1. The zero-order valence-corrected chi connectivity index (χ0v) is 18.7. The fourth-order valence-corrected chi connectivity index (χ4v) is 5.18. The number of hydrogen-bond acceptors (Lipinski definition) is 4. The van der Waals surface area contributed by atoms with Gasteiger partial charge in [0.2, 0.25) is 5.91 Å². The number of likely N-dealkylation sites (tertiary alicyclic amines) is 2. The zero-order valence-electron chi connectivity index (χ0n) is 18.7. The number of amides is 1. The Balaban J connectivity index is 1.24. The normalized spacial score (nSPS) is 24.5. The predicted molar refractivity (Wildman–Crippen MR) is 122 cm³/mol. The molecule has 1 aromatic rings. The minimum absolute atomic E-state index is 0.265. The monoisotopic (exact) mass is 413 g/mol. The van der Waals surface area contributed by atoms with Crippen LogP contribution in [-0.4, -0.2) is 67.6 Å². The van der Waals surface area contributed by atoms with E-state index in [1.807, 2.05) is 17.0 Å². The van der Waals surface area contributed by atoms with Gasteiger partial charge in [-0.05, 0) is 94.9 Å². The molecule has 5 heteroatoms. The molecule has 0 saturated carbocycles. The summed E-state index contributed by atoms with van der Waals surface area (Å²) < 4.78 is 5.97. The number of hydrogen-bond donors (Lipinski definition) is 0. The van der Waals surface area contributed by atoms with Crippen molar-refractivity contribution in [2.24, 2.45) is 5.92 Å².